The van der Waals surface area contributed by atoms with E-state index in [4.69, 9.17) is 9.47 Å². The normalized spacial score (nSPS) is 11.1. The van der Waals surface area contributed by atoms with Crippen molar-refractivity contribution in [3.8, 4) is 23.6 Å². The molecule has 0 unspecified atom stereocenters. The summed E-state index contributed by atoms with van der Waals surface area (Å²) in [5.41, 5.74) is 5.29. The molecule has 4 rings (SSSR count). The highest BCUT2D eigenvalue weighted by atomic mass is 79.9. The number of nitrogens with zero attached hydrogens (tertiary/aromatic N) is 3. The van der Waals surface area contributed by atoms with Crippen molar-refractivity contribution in [3.63, 3.8) is 0 Å². The molecule has 162 valence electrons. The van der Waals surface area contributed by atoms with Gasteiger partial charge in [0.05, 0.1) is 39.8 Å². The van der Waals surface area contributed by atoms with E-state index in [1.165, 1.54) is 0 Å². The molecule has 33 heavy (non-hydrogen) atoms. The van der Waals surface area contributed by atoms with E-state index in [-0.39, 0.29) is 6.61 Å². The second-order valence-electron chi connectivity index (χ2n) is 7.37. The molecule has 1 heterocycles. The molecule has 0 spiro atoms. The minimum absolute atomic E-state index is 0.218. The minimum Gasteiger partial charge on any atom is -0.493 e. The summed E-state index contributed by atoms with van der Waals surface area (Å²) in [6.07, 6.45) is 1.74. The fourth-order valence-electron chi connectivity index (χ4n) is 3.44. The molecule has 0 bridgehead atoms. The summed E-state index contributed by atoms with van der Waals surface area (Å²) in [6.45, 7) is 2.23. The zero-order valence-electron chi connectivity index (χ0n) is 18.0. The number of nitrogens with one attached hydrogen (secondary N) is 1. The maximum Gasteiger partial charge on any atom is 0.175 e. The van der Waals surface area contributed by atoms with Gasteiger partial charge < -0.3 is 14.5 Å². The van der Waals surface area contributed by atoms with Gasteiger partial charge in [-0.25, -0.2) is 4.98 Å². The first kappa shape index (κ1) is 22.1. The van der Waals surface area contributed by atoms with Crippen LogP contribution in [-0.2, 0) is 6.61 Å². The van der Waals surface area contributed by atoms with Crippen molar-refractivity contribution in [2.45, 2.75) is 13.5 Å². The lowest BCUT2D eigenvalue weighted by Crippen LogP contribution is -2.01. The third-order valence-corrected chi connectivity index (χ3v) is 5.67. The number of nitriles is 2. The van der Waals surface area contributed by atoms with Gasteiger partial charge in [-0.1, -0.05) is 24.3 Å². The number of aromatic nitrogens is 2. The van der Waals surface area contributed by atoms with Gasteiger partial charge in [0.15, 0.2) is 11.5 Å². The maximum absolute atomic E-state index is 9.76. The molecular weight excluding hydrogens is 480 g/mol. The number of halogens is 1. The van der Waals surface area contributed by atoms with E-state index in [2.05, 4.69) is 38.0 Å². The van der Waals surface area contributed by atoms with E-state index in [0.29, 0.717) is 32.9 Å². The molecule has 0 atom stereocenters. The third-order valence-electron chi connectivity index (χ3n) is 5.09. The van der Waals surface area contributed by atoms with E-state index in [1.807, 2.05) is 49.4 Å². The molecule has 0 amide bonds. The second kappa shape index (κ2) is 9.60. The molecule has 0 saturated carbocycles. The van der Waals surface area contributed by atoms with Gasteiger partial charge in [-0.05, 0) is 70.4 Å². The van der Waals surface area contributed by atoms with Gasteiger partial charge in [0.25, 0.3) is 0 Å². The highest BCUT2D eigenvalue weighted by Gasteiger charge is 2.14. The Bertz CT molecular complexity index is 1460. The quantitative estimate of drug-likeness (QED) is 0.321. The molecular formula is C26H19BrN4O2. The lowest BCUT2D eigenvalue weighted by Gasteiger charge is -2.14. The van der Waals surface area contributed by atoms with Crippen LogP contribution in [-0.4, -0.2) is 17.1 Å². The van der Waals surface area contributed by atoms with Gasteiger partial charge >= 0.3 is 0 Å². The summed E-state index contributed by atoms with van der Waals surface area (Å²) in [4.78, 5) is 7.76. The number of hydrogen-bond donors (Lipinski definition) is 1. The summed E-state index contributed by atoms with van der Waals surface area (Å²) >= 11 is 3.55. The Labute approximate surface area is 199 Å². The minimum atomic E-state index is 0.218. The summed E-state index contributed by atoms with van der Waals surface area (Å²) in [5, 5.41) is 19.0. The number of imidazole rings is 1. The molecule has 4 aromatic rings. The van der Waals surface area contributed by atoms with E-state index in [0.717, 1.165) is 27.7 Å². The average molecular weight is 499 g/mol. The molecule has 1 aromatic heterocycles. The second-order valence-corrected chi connectivity index (χ2v) is 8.22. The van der Waals surface area contributed by atoms with Crippen molar-refractivity contribution in [1.82, 2.24) is 9.97 Å². The SMILES string of the molecule is COc1cc(C=C(C#N)c2nc3ccc(C)cc3[nH]2)cc(Br)c1OCc1ccccc1C#N. The first-order chi connectivity index (χ1) is 16.0. The van der Waals surface area contributed by atoms with Crippen molar-refractivity contribution < 1.29 is 9.47 Å². The van der Waals surface area contributed by atoms with Crippen LogP contribution in [0.5, 0.6) is 11.5 Å². The van der Waals surface area contributed by atoms with E-state index in [1.54, 1.807) is 25.3 Å². The first-order valence-corrected chi connectivity index (χ1v) is 10.9. The molecule has 0 fully saturated rings. The topological polar surface area (TPSA) is 94.7 Å². The zero-order valence-corrected chi connectivity index (χ0v) is 19.6. The highest BCUT2D eigenvalue weighted by molar-refractivity contribution is 9.10. The Morgan fingerprint density at radius 3 is 2.73 bits per heavy atom. The maximum atomic E-state index is 9.76. The Balaban J connectivity index is 1.65. The molecule has 0 aliphatic carbocycles. The van der Waals surface area contributed by atoms with Gasteiger partial charge in [0.2, 0.25) is 0 Å². The van der Waals surface area contributed by atoms with Crippen molar-refractivity contribution in [2.75, 3.05) is 7.11 Å². The van der Waals surface area contributed by atoms with Gasteiger partial charge in [-0.2, -0.15) is 10.5 Å². The number of aryl methyl sites for hydroxylation is 1. The van der Waals surface area contributed by atoms with Crippen LogP contribution in [0.25, 0.3) is 22.7 Å². The number of methoxy groups -OCH3 is 1. The number of aromatic amines is 1. The number of hydrogen-bond acceptors (Lipinski definition) is 5. The van der Waals surface area contributed by atoms with Crippen LogP contribution in [0.4, 0.5) is 0 Å². The Hall–Kier alpha value is -4.07. The highest BCUT2D eigenvalue weighted by Crippen LogP contribution is 2.38. The fraction of sp³-hybridized carbons (Fsp3) is 0.115. The number of fused-ring (bicyclic) bond motifs is 1. The van der Waals surface area contributed by atoms with Crippen LogP contribution in [0.3, 0.4) is 0 Å². The average Bonchev–Trinajstić information content (AvgIpc) is 3.24. The van der Waals surface area contributed by atoms with Crippen LogP contribution in [0.1, 0.15) is 28.1 Å². The zero-order chi connectivity index (χ0) is 23.4. The number of H-pyrrole nitrogens is 1. The summed E-state index contributed by atoms with van der Waals surface area (Å²) < 4.78 is 12.2. The van der Waals surface area contributed by atoms with Gasteiger partial charge in [-0.3, -0.25) is 0 Å². The molecule has 3 aromatic carbocycles. The molecule has 0 aliphatic rings. The summed E-state index contributed by atoms with van der Waals surface area (Å²) in [5.74, 6) is 1.52. The van der Waals surface area contributed by atoms with Crippen LogP contribution in [0, 0.1) is 29.6 Å². The third kappa shape index (κ3) is 4.74. The fourth-order valence-corrected chi connectivity index (χ4v) is 4.01. The Morgan fingerprint density at radius 1 is 1.15 bits per heavy atom. The van der Waals surface area contributed by atoms with Crippen LogP contribution in [0.15, 0.2) is 59.1 Å². The molecule has 1 N–H and O–H groups in total. The number of benzene rings is 3. The summed E-state index contributed by atoms with van der Waals surface area (Å²) in [7, 11) is 1.55. The van der Waals surface area contributed by atoms with Crippen molar-refractivity contribution in [2.24, 2.45) is 0 Å². The van der Waals surface area contributed by atoms with Crippen LogP contribution >= 0.6 is 15.9 Å². The number of ether oxygens (including phenoxy) is 2. The Kier molecular flexibility index (Phi) is 6.44. The summed E-state index contributed by atoms with van der Waals surface area (Å²) in [6, 6.07) is 21.2. The molecule has 7 heteroatoms. The van der Waals surface area contributed by atoms with Crippen LogP contribution in [0.2, 0.25) is 0 Å². The predicted molar refractivity (Wildman–Crippen MR) is 130 cm³/mol. The van der Waals surface area contributed by atoms with Crippen molar-refractivity contribution >= 4 is 38.6 Å². The lowest BCUT2D eigenvalue weighted by atomic mass is 10.1. The van der Waals surface area contributed by atoms with Gasteiger partial charge in [0.1, 0.15) is 18.5 Å². The number of rotatable bonds is 6. The molecule has 0 saturated heterocycles. The largest absolute Gasteiger partial charge is 0.493 e. The van der Waals surface area contributed by atoms with Gasteiger partial charge in [0, 0.05) is 5.56 Å². The van der Waals surface area contributed by atoms with E-state index < -0.39 is 0 Å². The molecule has 6 nitrogen and oxygen atoms in total. The lowest BCUT2D eigenvalue weighted by molar-refractivity contribution is 0.282. The van der Waals surface area contributed by atoms with Crippen LogP contribution < -0.4 is 9.47 Å². The smallest absolute Gasteiger partial charge is 0.175 e. The first-order valence-electron chi connectivity index (χ1n) is 10.1. The monoisotopic (exact) mass is 498 g/mol. The Morgan fingerprint density at radius 2 is 1.97 bits per heavy atom. The predicted octanol–water partition coefficient (Wildman–Crippen LogP) is 6.16. The number of allylic oxidation sites excluding steroid dienone is 1. The van der Waals surface area contributed by atoms with Gasteiger partial charge in [-0.15, -0.1) is 0 Å². The molecule has 0 aliphatic heterocycles. The van der Waals surface area contributed by atoms with Crippen molar-refractivity contribution in [1.29, 1.82) is 10.5 Å². The van der Waals surface area contributed by atoms with E-state index in [9.17, 15) is 10.5 Å². The van der Waals surface area contributed by atoms with E-state index >= 15 is 0 Å². The molecule has 0 radical (unpaired) electrons. The van der Waals surface area contributed by atoms with Crippen molar-refractivity contribution in [3.05, 3.63) is 87.1 Å². The standard InChI is InChI=1S/C26H19BrN4O2/c1-16-7-8-22-23(9-16)31-26(30-22)20(14-29)10-17-11-21(27)25(24(12-17)32-2)33-15-19-6-4-3-5-18(19)13-28/h3-12H,15H2,1-2H3,(H,30,31).